The average Bonchev–Trinajstić information content (AvgIpc) is 2.88. The second-order valence-corrected chi connectivity index (χ2v) is 7.79. The minimum atomic E-state index is -0.452. The third-order valence-corrected chi connectivity index (χ3v) is 4.37. The zero-order valence-electron chi connectivity index (χ0n) is 13.7. The Bertz CT molecular complexity index is 701. The van der Waals surface area contributed by atoms with Crippen LogP contribution >= 0.6 is 15.9 Å². The molecule has 1 aromatic rings. The Hall–Kier alpha value is -1.62. The highest BCUT2D eigenvalue weighted by molar-refractivity contribution is 9.10. The number of allylic oxidation sites excluding steroid dienone is 2. The molecular formula is C18H21BrN2O2. The first-order valence-corrected chi connectivity index (χ1v) is 8.65. The van der Waals surface area contributed by atoms with E-state index in [-0.39, 0.29) is 6.09 Å². The van der Waals surface area contributed by atoms with Crippen LogP contribution in [0.4, 0.5) is 4.79 Å². The van der Waals surface area contributed by atoms with E-state index in [9.17, 15) is 4.79 Å². The molecule has 1 aliphatic carbocycles. The van der Waals surface area contributed by atoms with Crippen molar-refractivity contribution in [1.82, 2.24) is 9.88 Å². The number of rotatable bonds is 1. The first-order valence-electron chi connectivity index (χ1n) is 7.86. The van der Waals surface area contributed by atoms with E-state index in [1.807, 2.05) is 27.0 Å². The molecule has 2 heterocycles. The summed E-state index contributed by atoms with van der Waals surface area (Å²) < 4.78 is 6.43. The summed E-state index contributed by atoms with van der Waals surface area (Å²) in [6.07, 6.45) is 7.70. The monoisotopic (exact) mass is 376 g/mol. The van der Waals surface area contributed by atoms with Gasteiger partial charge in [-0.2, -0.15) is 0 Å². The number of hydrogen-bond acceptors (Lipinski definition) is 3. The number of fused-ring (bicyclic) bond motifs is 1. The van der Waals surface area contributed by atoms with Crippen LogP contribution in [0, 0.1) is 0 Å². The minimum Gasteiger partial charge on any atom is -0.444 e. The predicted molar refractivity (Wildman–Crippen MR) is 94.1 cm³/mol. The van der Waals surface area contributed by atoms with Crippen LogP contribution in [0.15, 0.2) is 34.5 Å². The van der Waals surface area contributed by atoms with Crippen LogP contribution in [0.2, 0.25) is 0 Å². The third-order valence-electron chi connectivity index (χ3n) is 3.93. The number of amides is 1. The third kappa shape index (κ3) is 3.66. The zero-order valence-corrected chi connectivity index (χ0v) is 15.3. The average molecular weight is 377 g/mol. The van der Waals surface area contributed by atoms with Gasteiger partial charge in [-0.15, -0.1) is 0 Å². The van der Waals surface area contributed by atoms with Gasteiger partial charge in [-0.05, 0) is 60.3 Å². The highest BCUT2D eigenvalue weighted by atomic mass is 79.9. The number of carbonyl (C=O) groups is 1. The second kappa shape index (κ2) is 6.11. The Morgan fingerprint density at radius 2 is 2.13 bits per heavy atom. The molecule has 0 spiro atoms. The predicted octanol–water partition coefficient (Wildman–Crippen LogP) is 4.35. The molecule has 0 aromatic carbocycles. The van der Waals surface area contributed by atoms with Crippen LogP contribution in [0.25, 0.3) is 5.57 Å². The van der Waals surface area contributed by atoms with Crippen LogP contribution in [-0.2, 0) is 11.2 Å². The van der Waals surface area contributed by atoms with Gasteiger partial charge in [-0.1, -0.05) is 12.2 Å². The van der Waals surface area contributed by atoms with E-state index in [2.05, 4.69) is 39.1 Å². The number of ether oxygens (including phenoxy) is 1. The first kappa shape index (κ1) is 16.2. The molecule has 122 valence electrons. The zero-order chi connectivity index (χ0) is 16.6. The lowest BCUT2D eigenvalue weighted by Crippen LogP contribution is -2.39. The van der Waals surface area contributed by atoms with Gasteiger partial charge in [0.25, 0.3) is 0 Å². The topological polar surface area (TPSA) is 42.4 Å². The van der Waals surface area contributed by atoms with Gasteiger partial charge in [0.05, 0.1) is 5.69 Å². The lowest BCUT2D eigenvalue weighted by atomic mass is 9.96. The molecule has 0 radical (unpaired) electrons. The van der Waals surface area contributed by atoms with Gasteiger partial charge in [0.1, 0.15) is 5.60 Å². The van der Waals surface area contributed by atoms with Crippen LogP contribution in [0.3, 0.4) is 0 Å². The smallest absolute Gasteiger partial charge is 0.410 e. The summed E-state index contributed by atoms with van der Waals surface area (Å²) in [6.45, 7) is 6.96. The van der Waals surface area contributed by atoms with E-state index >= 15 is 0 Å². The van der Waals surface area contributed by atoms with Gasteiger partial charge in [0.15, 0.2) is 0 Å². The maximum atomic E-state index is 12.1. The molecule has 1 aliphatic heterocycles. The minimum absolute atomic E-state index is 0.238. The summed E-state index contributed by atoms with van der Waals surface area (Å²) >= 11 is 3.49. The van der Waals surface area contributed by atoms with Gasteiger partial charge in [0, 0.05) is 35.7 Å². The largest absolute Gasteiger partial charge is 0.444 e. The summed E-state index contributed by atoms with van der Waals surface area (Å²) in [7, 11) is 0. The lowest BCUT2D eigenvalue weighted by molar-refractivity contribution is 0.0267. The van der Waals surface area contributed by atoms with Gasteiger partial charge in [-0.3, -0.25) is 4.98 Å². The highest BCUT2D eigenvalue weighted by Crippen LogP contribution is 2.35. The number of nitrogens with zero attached hydrogens (tertiary/aromatic N) is 2. The molecule has 1 aromatic heterocycles. The Morgan fingerprint density at radius 3 is 2.78 bits per heavy atom. The summed E-state index contributed by atoms with van der Waals surface area (Å²) in [4.78, 5) is 18.4. The van der Waals surface area contributed by atoms with E-state index in [0.29, 0.717) is 13.1 Å². The number of aromatic nitrogens is 1. The Kier molecular flexibility index (Phi) is 4.32. The standard InChI is InChI=1S/C18H21BrN2O2/c1-18(2,3)23-17(22)21-8-6-12(7-9-21)14-4-5-16-15(14)10-13(19)11-20-16/h4,6,10-11H,5,7-9H2,1-3H3. The molecule has 0 fully saturated rings. The molecule has 5 heteroatoms. The van der Waals surface area contributed by atoms with E-state index in [1.165, 1.54) is 16.7 Å². The van der Waals surface area contributed by atoms with E-state index in [0.717, 1.165) is 23.0 Å². The van der Waals surface area contributed by atoms with Crippen molar-refractivity contribution in [3.05, 3.63) is 45.7 Å². The SMILES string of the molecule is CC(C)(C)OC(=O)N1CC=C(C2=CCc3ncc(Br)cc32)CC1. The summed E-state index contributed by atoms with van der Waals surface area (Å²) in [6, 6.07) is 2.13. The second-order valence-electron chi connectivity index (χ2n) is 6.88. The molecular weight excluding hydrogens is 356 g/mol. The van der Waals surface area contributed by atoms with Crippen LogP contribution in [0.5, 0.6) is 0 Å². The normalized spacial score (nSPS) is 17.5. The van der Waals surface area contributed by atoms with Crippen molar-refractivity contribution in [2.24, 2.45) is 0 Å². The number of pyridine rings is 1. The Labute approximate surface area is 145 Å². The first-order chi connectivity index (χ1) is 10.8. The lowest BCUT2D eigenvalue weighted by Gasteiger charge is -2.30. The maximum Gasteiger partial charge on any atom is 0.410 e. The van der Waals surface area contributed by atoms with Gasteiger partial charge < -0.3 is 9.64 Å². The molecule has 0 atom stereocenters. The molecule has 23 heavy (non-hydrogen) atoms. The van der Waals surface area contributed by atoms with Crippen LogP contribution in [0.1, 0.15) is 38.4 Å². The number of hydrogen-bond donors (Lipinski definition) is 0. The molecule has 3 rings (SSSR count). The molecule has 0 bridgehead atoms. The van der Waals surface area contributed by atoms with Gasteiger partial charge in [-0.25, -0.2) is 4.79 Å². The fourth-order valence-electron chi connectivity index (χ4n) is 2.88. The van der Waals surface area contributed by atoms with E-state index in [4.69, 9.17) is 4.74 Å². The van der Waals surface area contributed by atoms with Crippen molar-refractivity contribution < 1.29 is 9.53 Å². The number of halogens is 1. The molecule has 0 unspecified atom stereocenters. The van der Waals surface area contributed by atoms with E-state index in [1.54, 1.807) is 4.90 Å². The molecule has 0 N–H and O–H groups in total. The molecule has 0 saturated heterocycles. The van der Waals surface area contributed by atoms with Crippen molar-refractivity contribution in [2.75, 3.05) is 13.1 Å². The summed E-state index contributed by atoms with van der Waals surface area (Å²) in [5.41, 5.74) is 4.43. The van der Waals surface area contributed by atoms with Crippen molar-refractivity contribution in [3.8, 4) is 0 Å². The van der Waals surface area contributed by atoms with Gasteiger partial charge in [0.2, 0.25) is 0 Å². The van der Waals surface area contributed by atoms with Crippen LogP contribution in [-0.4, -0.2) is 34.7 Å². The molecule has 0 saturated carbocycles. The van der Waals surface area contributed by atoms with Crippen molar-refractivity contribution in [1.29, 1.82) is 0 Å². The summed E-state index contributed by atoms with van der Waals surface area (Å²) in [5, 5.41) is 0. The Morgan fingerprint density at radius 1 is 1.35 bits per heavy atom. The molecule has 1 amide bonds. The maximum absolute atomic E-state index is 12.1. The van der Waals surface area contributed by atoms with Crippen molar-refractivity contribution >= 4 is 27.6 Å². The van der Waals surface area contributed by atoms with Crippen molar-refractivity contribution in [3.63, 3.8) is 0 Å². The van der Waals surface area contributed by atoms with Crippen molar-refractivity contribution in [2.45, 2.75) is 39.2 Å². The van der Waals surface area contributed by atoms with E-state index < -0.39 is 5.60 Å². The number of carbonyl (C=O) groups excluding carboxylic acids is 1. The van der Waals surface area contributed by atoms with Gasteiger partial charge >= 0.3 is 6.09 Å². The fourth-order valence-corrected chi connectivity index (χ4v) is 3.21. The van der Waals surface area contributed by atoms with Crippen LogP contribution < -0.4 is 0 Å². The molecule has 4 nitrogen and oxygen atoms in total. The highest BCUT2D eigenvalue weighted by Gasteiger charge is 2.26. The molecule has 2 aliphatic rings. The fraction of sp³-hybridized carbons (Fsp3) is 0.444. The quantitative estimate of drug-likeness (QED) is 0.731. The Balaban J connectivity index is 1.72. The summed E-state index contributed by atoms with van der Waals surface area (Å²) in [5.74, 6) is 0.